The maximum absolute atomic E-state index is 8.55. The molecule has 0 heterocycles. The zero-order valence-corrected chi connectivity index (χ0v) is 18.1. The topological polar surface area (TPSA) is 475 Å². The van der Waals surface area contributed by atoms with Crippen LogP contribution < -0.4 is 44.0 Å². The smallest absolute Gasteiger partial charge is 0.870 e. The Morgan fingerprint density at radius 2 is 0.346 bits per heavy atom. The third kappa shape index (κ3) is 3640. The van der Waals surface area contributed by atoms with Crippen LogP contribution in [0.1, 0.15) is 0 Å². The monoisotopic (exact) mass is 632 g/mol. The molecule has 19 nitrogen and oxygen atoms in total. The second-order valence-corrected chi connectivity index (χ2v) is 4.02. The largest absolute Gasteiger partial charge is 3.00 e. The quantitative estimate of drug-likeness (QED) is 0.177. The fraction of sp³-hybridized carbons (Fsp3) is 0. The molecule has 11 N–H and O–H groups in total. The van der Waals surface area contributed by atoms with Crippen molar-refractivity contribution in [1.82, 2.24) is 0 Å². The summed E-state index contributed by atoms with van der Waals surface area (Å²) < 4.78 is 25.6. The molecule has 0 aliphatic rings. The first-order valence-electron chi connectivity index (χ1n) is 2.19. The van der Waals surface area contributed by atoms with Crippen LogP contribution in [0, 0.1) is 0 Å². The first kappa shape index (κ1) is 104. The summed E-state index contributed by atoms with van der Waals surface area (Å²) in [6.45, 7) is 0. The van der Waals surface area contributed by atoms with Gasteiger partial charge in [-0.2, -0.15) is 23.5 Å². The van der Waals surface area contributed by atoms with Crippen molar-refractivity contribution in [1.29, 1.82) is 0 Å². The van der Waals surface area contributed by atoms with Gasteiger partial charge in [-0.25, -0.2) is 0 Å². The molecular formula is H11Fe4O19P3. The van der Waals surface area contributed by atoms with E-state index < -0.39 is 23.5 Å². The maximum Gasteiger partial charge on any atom is 3.00 e. The second kappa shape index (κ2) is 45.7. The van der Waals surface area contributed by atoms with Crippen LogP contribution in [0.5, 0.6) is 0 Å². The van der Waals surface area contributed by atoms with E-state index in [1.54, 1.807) is 0 Å². The summed E-state index contributed by atoms with van der Waals surface area (Å²) in [6, 6.07) is 0. The molecule has 26 heteroatoms. The van der Waals surface area contributed by atoms with Crippen molar-refractivity contribution < 1.29 is 164 Å². The van der Waals surface area contributed by atoms with Gasteiger partial charge in [-0.05, 0) is 0 Å². The van der Waals surface area contributed by atoms with Gasteiger partial charge in [-0.3, -0.25) is 0 Å². The molecule has 172 valence electrons. The molecule has 0 aromatic carbocycles. The molecule has 0 aromatic rings. The summed E-state index contributed by atoms with van der Waals surface area (Å²) in [5, 5.41) is 0. The normalized spacial score (nSPS) is 6.81. The summed E-state index contributed by atoms with van der Waals surface area (Å²) in [4.78, 5) is 76.9. The minimum absolute atomic E-state index is 0. The molecule has 0 saturated heterocycles. The molecule has 0 rings (SSSR count). The van der Waals surface area contributed by atoms with E-state index in [0.29, 0.717) is 0 Å². The van der Waals surface area contributed by atoms with Crippen LogP contribution in [-0.4, -0.2) is 38.3 Å². The third-order valence-electron chi connectivity index (χ3n) is 0. The molecular weight excluding hydrogens is 620 g/mol. The van der Waals surface area contributed by atoms with E-state index >= 15 is 0 Å². The number of hydrogen-bond donors (Lipinski definition) is 0. The van der Waals surface area contributed by atoms with Crippen LogP contribution in [0.25, 0.3) is 0 Å². The molecule has 0 unspecified atom stereocenters. The van der Waals surface area contributed by atoms with Crippen LogP contribution in [-0.2, 0) is 82.0 Å². The Bertz CT molecular complexity index is 215. The van der Waals surface area contributed by atoms with Crippen LogP contribution in [0.3, 0.4) is 0 Å². The van der Waals surface area contributed by atoms with Crippen molar-refractivity contribution in [3.8, 4) is 0 Å². The Kier molecular flexibility index (Phi) is 182. The molecule has 0 fully saturated rings. The fourth-order valence-corrected chi connectivity index (χ4v) is 0. The van der Waals surface area contributed by atoms with E-state index in [4.69, 9.17) is 57.7 Å². The van der Waals surface area contributed by atoms with Crippen molar-refractivity contribution in [2.75, 3.05) is 0 Å². The molecule has 0 aliphatic carbocycles. The summed E-state index contributed by atoms with van der Waals surface area (Å²) in [5.41, 5.74) is 0. The van der Waals surface area contributed by atoms with Crippen molar-refractivity contribution in [2.24, 2.45) is 0 Å². The van der Waals surface area contributed by atoms with Crippen LogP contribution in [0.2, 0.25) is 0 Å². The molecule has 0 aromatic heterocycles. The van der Waals surface area contributed by atoms with Crippen molar-refractivity contribution in [2.45, 2.75) is 0 Å². The molecule has 0 bridgehead atoms. The van der Waals surface area contributed by atoms with Gasteiger partial charge in [0.15, 0.2) is 0 Å². The van der Waals surface area contributed by atoms with E-state index in [9.17, 15) is 0 Å². The zero-order chi connectivity index (χ0) is 13.5. The number of hydrogen-bond acceptors (Lipinski definition) is 15. The minimum Gasteiger partial charge on any atom is -0.870 e. The summed E-state index contributed by atoms with van der Waals surface area (Å²) >= 11 is 0. The van der Waals surface area contributed by atoms with Gasteiger partial charge in [0, 0.05) is 0 Å². The predicted octanol–water partition coefficient (Wildman–Crippen LogP) is -12.3. The first-order valence-corrected chi connectivity index (χ1v) is 6.57. The van der Waals surface area contributed by atoms with Gasteiger partial charge in [-0.1, -0.05) is 0 Å². The van der Waals surface area contributed by atoms with Gasteiger partial charge in [0.1, 0.15) is 0 Å². The van der Waals surface area contributed by atoms with Gasteiger partial charge < -0.3 is 96.1 Å². The molecule has 0 atom stereocenters. The Labute approximate surface area is 187 Å². The van der Waals surface area contributed by atoms with Gasteiger partial charge in [0.25, 0.3) is 0 Å². The van der Waals surface area contributed by atoms with Crippen LogP contribution in [0.4, 0.5) is 0 Å². The van der Waals surface area contributed by atoms with Gasteiger partial charge in [-0.15, -0.1) is 0 Å². The first-order chi connectivity index (χ1) is 6.00. The summed E-state index contributed by atoms with van der Waals surface area (Å²) in [6.07, 6.45) is 0. The Hall–Kier alpha value is 2.13. The standard InChI is InChI=1S/4Fe.3H3O4P.7H2O/c;;;;3*1-5(2,3)4;;;;;;;/h;;;;3*(H3,1,2,3,4);7*1H2/q4*+3;;;;;;;;;;/p-12. The molecule has 0 saturated carbocycles. The molecule has 26 heavy (non-hydrogen) atoms. The SMILES string of the molecule is O.O.O.O.O=P([O-])([O-])[O-].O=P([O-])([O-])[O-].O=P([O-])([O-])[O-].[Fe+3].[Fe+3].[Fe+3].[Fe+3].[OH-].[OH-].[OH-]. The van der Waals surface area contributed by atoms with Crippen molar-refractivity contribution >= 4 is 23.5 Å². The molecule has 4 radical (unpaired) electrons. The number of rotatable bonds is 0. The predicted molar refractivity (Wildman–Crippen MR) is 43.1 cm³/mol. The Balaban J connectivity index is -0.00000000571. The maximum atomic E-state index is 8.55. The molecule has 0 spiro atoms. The average molecular weight is 631 g/mol. The Morgan fingerprint density at radius 1 is 0.346 bits per heavy atom. The van der Waals surface area contributed by atoms with Crippen molar-refractivity contribution in [3.63, 3.8) is 0 Å². The Morgan fingerprint density at radius 3 is 0.346 bits per heavy atom. The zero-order valence-electron chi connectivity index (χ0n) is 11.0. The summed E-state index contributed by atoms with van der Waals surface area (Å²) in [5.74, 6) is 0. The van der Waals surface area contributed by atoms with Crippen LogP contribution >= 0.6 is 23.5 Å². The van der Waals surface area contributed by atoms with E-state index in [1.165, 1.54) is 0 Å². The molecule has 0 aliphatic heterocycles. The van der Waals surface area contributed by atoms with E-state index in [2.05, 4.69) is 0 Å². The average Bonchev–Trinajstić information content (AvgIpc) is 1.41. The summed E-state index contributed by atoms with van der Waals surface area (Å²) in [7, 11) is -16.2. The number of phosphoric acid groups is 3. The third-order valence-corrected chi connectivity index (χ3v) is 0. The second-order valence-electron chi connectivity index (χ2n) is 1.34. The van der Waals surface area contributed by atoms with Crippen LogP contribution in [0.15, 0.2) is 0 Å². The van der Waals surface area contributed by atoms with Gasteiger partial charge in [0.2, 0.25) is 0 Å². The van der Waals surface area contributed by atoms with E-state index in [1.807, 2.05) is 0 Å². The van der Waals surface area contributed by atoms with Crippen molar-refractivity contribution in [3.05, 3.63) is 0 Å². The van der Waals surface area contributed by atoms with E-state index in [-0.39, 0.29) is 107 Å². The molecule has 0 amide bonds. The fourth-order valence-electron chi connectivity index (χ4n) is 0. The van der Waals surface area contributed by atoms with E-state index in [0.717, 1.165) is 0 Å². The van der Waals surface area contributed by atoms with Gasteiger partial charge >= 0.3 is 68.3 Å². The van der Waals surface area contributed by atoms with Gasteiger partial charge in [0.05, 0.1) is 0 Å². The minimum atomic E-state index is -5.39.